The highest BCUT2D eigenvalue weighted by Crippen LogP contribution is 2.34. The molecule has 3 rings (SSSR count). The van der Waals surface area contributed by atoms with E-state index < -0.39 is 10.8 Å². The average Bonchev–Trinajstić information content (AvgIpc) is 3.31. The van der Waals surface area contributed by atoms with Gasteiger partial charge in [0.25, 0.3) is 11.6 Å². The van der Waals surface area contributed by atoms with Crippen LogP contribution in [0.5, 0.6) is 11.5 Å². The van der Waals surface area contributed by atoms with E-state index in [9.17, 15) is 14.9 Å². The summed E-state index contributed by atoms with van der Waals surface area (Å²) in [7, 11) is 2.94. The van der Waals surface area contributed by atoms with Crippen molar-refractivity contribution in [1.29, 1.82) is 0 Å². The highest BCUT2D eigenvalue weighted by atomic mass is 16.6. The van der Waals surface area contributed by atoms with Crippen molar-refractivity contribution in [3.05, 3.63) is 63.2 Å². The zero-order chi connectivity index (χ0) is 22.9. The Labute approximate surface area is 187 Å². The molecule has 1 saturated heterocycles. The number of nitro benzene ring substituents is 1. The molecular formula is C23H29N3O6. The van der Waals surface area contributed by atoms with Crippen LogP contribution in [0.3, 0.4) is 0 Å². The maximum atomic E-state index is 12.9. The monoisotopic (exact) mass is 443 g/mol. The number of carbonyl (C=O) groups excluding carboxylic acids is 1. The van der Waals surface area contributed by atoms with Gasteiger partial charge in [-0.3, -0.25) is 19.8 Å². The average molecular weight is 444 g/mol. The van der Waals surface area contributed by atoms with Gasteiger partial charge in [0, 0.05) is 26.3 Å². The molecule has 1 amide bonds. The summed E-state index contributed by atoms with van der Waals surface area (Å²) in [6, 6.07) is 10.5. The topological polar surface area (TPSA) is 103 Å². The van der Waals surface area contributed by atoms with E-state index >= 15 is 0 Å². The Morgan fingerprint density at radius 1 is 1.09 bits per heavy atom. The first kappa shape index (κ1) is 23.5. The summed E-state index contributed by atoms with van der Waals surface area (Å²) >= 11 is 0. The molecule has 172 valence electrons. The van der Waals surface area contributed by atoms with Gasteiger partial charge in [0.2, 0.25) is 0 Å². The van der Waals surface area contributed by atoms with E-state index in [1.807, 2.05) is 18.2 Å². The summed E-state index contributed by atoms with van der Waals surface area (Å²) in [5.74, 6) is -0.121. The van der Waals surface area contributed by atoms with Crippen molar-refractivity contribution in [2.75, 3.05) is 40.5 Å². The lowest BCUT2D eigenvalue weighted by molar-refractivity contribution is -0.385. The second-order valence-electron chi connectivity index (χ2n) is 7.55. The minimum atomic E-state index is -0.598. The molecule has 0 aromatic heterocycles. The van der Waals surface area contributed by atoms with Crippen LogP contribution in [0.2, 0.25) is 0 Å². The molecule has 32 heavy (non-hydrogen) atoms. The van der Waals surface area contributed by atoms with Crippen LogP contribution in [0.25, 0.3) is 0 Å². The molecule has 9 heteroatoms. The molecule has 1 fully saturated rings. The van der Waals surface area contributed by atoms with Crippen molar-refractivity contribution >= 4 is 11.6 Å². The van der Waals surface area contributed by atoms with Gasteiger partial charge in [-0.25, -0.2) is 0 Å². The fourth-order valence-electron chi connectivity index (χ4n) is 3.73. The Kier molecular flexibility index (Phi) is 8.41. The third-order valence-corrected chi connectivity index (χ3v) is 5.42. The molecule has 1 aliphatic heterocycles. The first-order valence-corrected chi connectivity index (χ1v) is 10.6. The minimum absolute atomic E-state index is 0.0806. The van der Waals surface area contributed by atoms with Gasteiger partial charge in [-0.05, 0) is 37.1 Å². The molecule has 9 nitrogen and oxygen atoms in total. The van der Waals surface area contributed by atoms with Crippen LogP contribution >= 0.6 is 0 Å². The predicted molar refractivity (Wildman–Crippen MR) is 119 cm³/mol. The summed E-state index contributed by atoms with van der Waals surface area (Å²) in [5.41, 5.74) is 1.70. The SMILES string of the molecule is COCCOc1cc([N+](=O)[O-])c(C(=O)NCc2ccccc2CN2CCCC2)cc1OC. The standard InChI is InChI=1S/C23H29N3O6/c1-30-11-12-32-22-14-20(26(28)29)19(13-21(22)31-2)23(27)24-15-17-7-3-4-8-18(17)16-25-9-5-6-10-25/h3-4,7-8,13-14H,5-6,9-12,15-16H2,1-2H3,(H,24,27). The Hall–Kier alpha value is -3.17. The molecule has 2 aromatic rings. The van der Waals surface area contributed by atoms with Gasteiger partial charge < -0.3 is 19.5 Å². The van der Waals surface area contributed by atoms with Gasteiger partial charge in [0.1, 0.15) is 12.2 Å². The molecule has 0 unspecified atom stereocenters. The first-order valence-electron chi connectivity index (χ1n) is 10.6. The normalized spacial score (nSPS) is 13.7. The number of nitro groups is 1. The van der Waals surface area contributed by atoms with E-state index in [4.69, 9.17) is 14.2 Å². The Bertz CT molecular complexity index is 943. The fourth-order valence-corrected chi connectivity index (χ4v) is 3.73. The highest BCUT2D eigenvalue weighted by molar-refractivity contribution is 5.99. The van der Waals surface area contributed by atoms with E-state index in [0.717, 1.165) is 30.8 Å². The smallest absolute Gasteiger partial charge is 0.286 e. The molecule has 1 heterocycles. The Morgan fingerprint density at radius 2 is 1.81 bits per heavy atom. The van der Waals surface area contributed by atoms with Crippen LogP contribution in [0.1, 0.15) is 34.3 Å². The molecule has 2 aromatic carbocycles. The summed E-state index contributed by atoms with van der Waals surface area (Å²) in [6.07, 6.45) is 2.41. The number of amides is 1. The quantitative estimate of drug-likeness (QED) is 0.323. The molecule has 0 bridgehead atoms. The lowest BCUT2D eigenvalue weighted by atomic mass is 10.1. The summed E-state index contributed by atoms with van der Waals surface area (Å²) < 4.78 is 15.7. The number of carbonyl (C=O) groups is 1. The summed E-state index contributed by atoms with van der Waals surface area (Å²) in [4.78, 5) is 26.3. The van der Waals surface area contributed by atoms with Crippen LogP contribution < -0.4 is 14.8 Å². The first-order chi connectivity index (χ1) is 15.5. The zero-order valence-electron chi connectivity index (χ0n) is 18.5. The number of nitrogens with zero attached hydrogens (tertiary/aromatic N) is 2. The van der Waals surface area contributed by atoms with Crippen LogP contribution in [0, 0.1) is 10.1 Å². The van der Waals surface area contributed by atoms with Crippen molar-refractivity contribution in [3.8, 4) is 11.5 Å². The van der Waals surface area contributed by atoms with Crippen LogP contribution in [0.4, 0.5) is 5.69 Å². The van der Waals surface area contributed by atoms with Gasteiger partial charge in [-0.15, -0.1) is 0 Å². The number of benzene rings is 2. The minimum Gasteiger partial charge on any atom is -0.493 e. The highest BCUT2D eigenvalue weighted by Gasteiger charge is 2.25. The second-order valence-corrected chi connectivity index (χ2v) is 7.55. The third-order valence-electron chi connectivity index (χ3n) is 5.42. The Balaban J connectivity index is 1.76. The van der Waals surface area contributed by atoms with E-state index in [0.29, 0.717) is 6.61 Å². The van der Waals surface area contributed by atoms with Crippen LogP contribution in [-0.2, 0) is 17.8 Å². The van der Waals surface area contributed by atoms with Crippen molar-refractivity contribution in [1.82, 2.24) is 10.2 Å². The van der Waals surface area contributed by atoms with Gasteiger partial charge >= 0.3 is 0 Å². The largest absolute Gasteiger partial charge is 0.493 e. The van der Waals surface area contributed by atoms with Crippen LogP contribution in [0.15, 0.2) is 36.4 Å². The van der Waals surface area contributed by atoms with E-state index in [-0.39, 0.29) is 35.9 Å². The number of rotatable bonds is 11. The maximum absolute atomic E-state index is 12.9. The molecule has 0 saturated carbocycles. The maximum Gasteiger partial charge on any atom is 0.286 e. The number of hydrogen-bond donors (Lipinski definition) is 1. The summed E-state index contributed by atoms with van der Waals surface area (Å²) in [5, 5.41) is 14.4. The summed E-state index contributed by atoms with van der Waals surface area (Å²) in [6.45, 7) is 3.76. The second kappa shape index (κ2) is 11.4. The molecule has 0 atom stereocenters. The lowest BCUT2D eigenvalue weighted by Gasteiger charge is -2.18. The molecule has 1 N–H and O–H groups in total. The lowest BCUT2D eigenvalue weighted by Crippen LogP contribution is -2.25. The van der Waals surface area contributed by atoms with E-state index in [1.165, 1.54) is 39.2 Å². The van der Waals surface area contributed by atoms with E-state index in [2.05, 4.69) is 16.3 Å². The number of hydrogen-bond acceptors (Lipinski definition) is 7. The zero-order valence-corrected chi connectivity index (χ0v) is 18.5. The van der Waals surface area contributed by atoms with Crippen molar-refractivity contribution in [2.24, 2.45) is 0 Å². The van der Waals surface area contributed by atoms with Crippen molar-refractivity contribution < 1.29 is 23.9 Å². The molecule has 0 spiro atoms. The fraction of sp³-hybridized carbons (Fsp3) is 0.435. The van der Waals surface area contributed by atoms with Gasteiger partial charge in [-0.2, -0.15) is 0 Å². The van der Waals surface area contributed by atoms with Crippen LogP contribution in [-0.4, -0.2) is 56.3 Å². The van der Waals surface area contributed by atoms with E-state index in [1.54, 1.807) is 0 Å². The van der Waals surface area contributed by atoms with Gasteiger partial charge in [0.15, 0.2) is 11.5 Å². The van der Waals surface area contributed by atoms with Crippen molar-refractivity contribution in [2.45, 2.75) is 25.9 Å². The van der Waals surface area contributed by atoms with Crippen molar-refractivity contribution in [3.63, 3.8) is 0 Å². The number of ether oxygens (including phenoxy) is 3. The molecule has 0 radical (unpaired) electrons. The van der Waals surface area contributed by atoms with Gasteiger partial charge in [-0.1, -0.05) is 24.3 Å². The predicted octanol–water partition coefficient (Wildman–Crippen LogP) is 3.15. The Morgan fingerprint density at radius 3 is 2.47 bits per heavy atom. The van der Waals surface area contributed by atoms with Gasteiger partial charge in [0.05, 0.1) is 24.7 Å². The number of likely N-dealkylation sites (tertiary alicyclic amines) is 1. The number of nitrogens with one attached hydrogen (secondary N) is 1. The molecule has 0 aliphatic carbocycles. The third kappa shape index (κ3) is 5.95. The molecule has 1 aliphatic rings. The molecular weight excluding hydrogens is 414 g/mol. The number of methoxy groups -OCH3 is 2.